The van der Waals surface area contributed by atoms with E-state index >= 15 is 0 Å². The van der Waals surface area contributed by atoms with Gasteiger partial charge in [-0.25, -0.2) is 0 Å². The fraction of sp³-hybridized carbons (Fsp3) is 0. The molecule has 0 aliphatic carbocycles. The maximum Gasteiger partial charge on any atom is 0.318 e. The van der Waals surface area contributed by atoms with E-state index in [0.29, 0.717) is 11.3 Å². The third-order valence-electron chi connectivity index (χ3n) is 2.66. The molecule has 9 nitrogen and oxygen atoms in total. The van der Waals surface area contributed by atoms with Crippen LogP contribution in [0.15, 0.2) is 42.5 Å². The molecule has 0 heterocycles. The number of hydrogen-bond acceptors (Lipinski definition) is 5. The zero-order valence-corrected chi connectivity index (χ0v) is 10.9. The van der Waals surface area contributed by atoms with E-state index in [2.05, 4.69) is 4.79 Å². The Hall–Kier alpha value is -3.58. The van der Waals surface area contributed by atoms with Gasteiger partial charge in [0, 0.05) is 6.07 Å². The highest BCUT2D eigenvalue weighted by Gasteiger charge is 2.21. The molecule has 2 aromatic rings. The summed E-state index contributed by atoms with van der Waals surface area (Å²) in [5.41, 5.74) is 8.11. The van der Waals surface area contributed by atoms with Crippen LogP contribution in [0.1, 0.15) is 5.56 Å². The molecule has 0 spiro atoms. The topological polar surface area (TPSA) is 132 Å². The summed E-state index contributed by atoms with van der Waals surface area (Å²) < 4.78 is 5.37. The molecule has 0 bridgehead atoms. The molecule has 0 atom stereocenters. The summed E-state index contributed by atoms with van der Waals surface area (Å²) in [5.74, 6) is 0.186. The summed E-state index contributed by atoms with van der Waals surface area (Å²) >= 11 is 0. The molecule has 0 saturated heterocycles. The van der Waals surface area contributed by atoms with Crippen LogP contribution >= 0.6 is 0 Å². The molecule has 0 fully saturated rings. The van der Waals surface area contributed by atoms with Gasteiger partial charge in [0.05, 0.1) is 21.5 Å². The predicted molar refractivity (Wildman–Crippen MR) is 75.1 cm³/mol. The maximum atomic E-state index is 11.0. The SMILES string of the molecule is [N-]=[N+]=Cc1ccc(Oc2ccc([N+](=O)[O-])cc2[N+](=O)[O-])cc1. The molecule has 0 unspecified atom stereocenters. The Kier molecular flexibility index (Phi) is 4.21. The van der Waals surface area contributed by atoms with E-state index in [1.54, 1.807) is 12.1 Å². The fourth-order valence-corrected chi connectivity index (χ4v) is 1.66. The fourth-order valence-electron chi connectivity index (χ4n) is 1.66. The van der Waals surface area contributed by atoms with Gasteiger partial charge in [0.15, 0.2) is 0 Å². The van der Waals surface area contributed by atoms with Gasteiger partial charge in [-0.05, 0) is 30.3 Å². The van der Waals surface area contributed by atoms with Crippen molar-refractivity contribution in [2.75, 3.05) is 0 Å². The van der Waals surface area contributed by atoms with Gasteiger partial charge in [0.2, 0.25) is 5.75 Å². The average Bonchev–Trinajstić information content (AvgIpc) is 2.49. The van der Waals surface area contributed by atoms with Gasteiger partial charge in [0.25, 0.3) is 11.9 Å². The van der Waals surface area contributed by atoms with Crippen molar-refractivity contribution in [1.29, 1.82) is 0 Å². The standard InChI is InChI=1S/C13H8N4O5/c14-15-8-9-1-4-11(5-2-9)22-13-6-3-10(16(18)19)7-12(13)17(20)21/h1-8H. The summed E-state index contributed by atoms with van der Waals surface area (Å²) in [6.45, 7) is 0. The number of benzene rings is 2. The van der Waals surface area contributed by atoms with Crippen LogP contribution in [0.4, 0.5) is 11.4 Å². The molecular formula is C13H8N4O5. The van der Waals surface area contributed by atoms with Crippen molar-refractivity contribution in [2.24, 2.45) is 0 Å². The largest absolute Gasteiger partial charge is 0.450 e. The lowest BCUT2D eigenvalue weighted by Gasteiger charge is -2.06. The molecule has 0 aromatic heterocycles. The minimum atomic E-state index is -0.755. The molecule has 0 aliphatic rings. The van der Waals surface area contributed by atoms with Crippen LogP contribution < -0.4 is 4.74 Å². The van der Waals surface area contributed by atoms with E-state index in [-0.39, 0.29) is 5.75 Å². The molecule has 0 aliphatic heterocycles. The Morgan fingerprint density at radius 3 is 2.27 bits per heavy atom. The monoisotopic (exact) mass is 300 g/mol. The predicted octanol–water partition coefficient (Wildman–Crippen LogP) is 2.94. The van der Waals surface area contributed by atoms with Crippen LogP contribution in [0.25, 0.3) is 5.53 Å². The van der Waals surface area contributed by atoms with Gasteiger partial charge >= 0.3 is 5.69 Å². The van der Waals surface area contributed by atoms with Crippen LogP contribution in [0.5, 0.6) is 11.5 Å². The lowest BCUT2D eigenvalue weighted by Crippen LogP contribution is -1.96. The number of nitro groups is 2. The van der Waals surface area contributed by atoms with Gasteiger partial charge in [-0.1, -0.05) is 0 Å². The van der Waals surface area contributed by atoms with Gasteiger partial charge in [0.1, 0.15) is 5.75 Å². The average molecular weight is 300 g/mol. The Bertz CT molecular complexity index is 782. The number of non-ortho nitro benzene ring substituents is 1. The highest BCUT2D eigenvalue weighted by Crippen LogP contribution is 2.34. The summed E-state index contributed by atoms with van der Waals surface area (Å²) in [5, 5.41) is 21.6. The van der Waals surface area contributed by atoms with Crippen molar-refractivity contribution in [2.45, 2.75) is 0 Å². The van der Waals surface area contributed by atoms with Crippen molar-refractivity contribution in [3.63, 3.8) is 0 Å². The molecule has 2 rings (SSSR count). The van der Waals surface area contributed by atoms with Crippen LogP contribution in [0.3, 0.4) is 0 Å². The molecule has 110 valence electrons. The number of hydrogen-bond donors (Lipinski definition) is 0. The van der Waals surface area contributed by atoms with E-state index in [9.17, 15) is 20.2 Å². The summed E-state index contributed by atoms with van der Waals surface area (Å²) in [7, 11) is 0. The molecule has 0 N–H and O–H groups in total. The van der Waals surface area contributed by atoms with Crippen LogP contribution in [-0.2, 0) is 0 Å². The highest BCUT2D eigenvalue weighted by molar-refractivity contribution is 5.75. The summed E-state index contributed by atoms with van der Waals surface area (Å²) in [6.07, 6.45) is 1.21. The van der Waals surface area contributed by atoms with Crippen LogP contribution in [-0.4, -0.2) is 20.9 Å². The first-order valence-corrected chi connectivity index (χ1v) is 5.89. The molecule has 0 radical (unpaired) electrons. The maximum absolute atomic E-state index is 11.0. The van der Waals surface area contributed by atoms with Crippen LogP contribution in [0, 0.1) is 20.2 Å². The van der Waals surface area contributed by atoms with E-state index in [4.69, 9.17) is 10.3 Å². The van der Waals surface area contributed by atoms with E-state index in [0.717, 1.165) is 12.1 Å². The first kappa shape index (κ1) is 14.8. The first-order valence-electron chi connectivity index (χ1n) is 5.89. The van der Waals surface area contributed by atoms with Crippen molar-refractivity contribution in [3.05, 3.63) is 73.8 Å². The Labute approximate surface area is 123 Å². The van der Waals surface area contributed by atoms with Crippen molar-refractivity contribution in [1.82, 2.24) is 0 Å². The Morgan fingerprint density at radius 1 is 1.05 bits per heavy atom. The van der Waals surface area contributed by atoms with Crippen molar-refractivity contribution < 1.29 is 19.4 Å². The van der Waals surface area contributed by atoms with Gasteiger partial charge in [-0.3, -0.25) is 20.2 Å². The van der Waals surface area contributed by atoms with Crippen molar-refractivity contribution in [3.8, 4) is 11.5 Å². The molecule has 2 aromatic carbocycles. The van der Waals surface area contributed by atoms with E-state index < -0.39 is 21.2 Å². The Morgan fingerprint density at radius 2 is 1.73 bits per heavy atom. The number of ether oxygens (including phenoxy) is 1. The normalized spacial score (nSPS) is 9.64. The van der Waals surface area contributed by atoms with E-state index in [1.165, 1.54) is 24.4 Å². The van der Waals surface area contributed by atoms with E-state index in [1.807, 2.05) is 0 Å². The Balaban J connectivity index is 2.34. The minimum Gasteiger partial charge on any atom is -0.450 e. The lowest BCUT2D eigenvalue weighted by atomic mass is 10.2. The second kappa shape index (κ2) is 6.25. The third-order valence-corrected chi connectivity index (χ3v) is 2.66. The first-order chi connectivity index (χ1) is 10.5. The van der Waals surface area contributed by atoms with Crippen LogP contribution in [0.2, 0.25) is 0 Å². The van der Waals surface area contributed by atoms with Gasteiger partial charge in [-0.15, -0.1) is 0 Å². The smallest absolute Gasteiger partial charge is 0.318 e. The highest BCUT2D eigenvalue weighted by atomic mass is 16.6. The quantitative estimate of drug-likeness (QED) is 0.275. The zero-order valence-electron chi connectivity index (χ0n) is 10.9. The molecular weight excluding hydrogens is 292 g/mol. The molecule has 0 saturated carbocycles. The number of rotatable bonds is 5. The number of nitro benzene ring substituents is 2. The molecule has 22 heavy (non-hydrogen) atoms. The van der Waals surface area contributed by atoms with Gasteiger partial charge in [-0.2, -0.15) is 4.79 Å². The van der Waals surface area contributed by atoms with Gasteiger partial charge < -0.3 is 10.3 Å². The summed E-state index contributed by atoms with van der Waals surface area (Å²) in [6, 6.07) is 9.31. The van der Waals surface area contributed by atoms with Crippen molar-refractivity contribution >= 4 is 17.6 Å². The zero-order chi connectivity index (χ0) is 16.1. The minimum absolute atomic E-state index is 0.112. The molecule has 0 amide bonds. The summed E-state index contributed by atoms with van der Waals surface area (Å²) in [4.78, 5) is 23.0. The lowest BCUT2D eigenvalue weighted by molar-refractivity contribution is -0.394. The second-order valence-corrected chi connectivity index (χ2v) is 4.08. The third kappa shape index (κ3) is 3.30. The molecule has 9 heteroatoms. The second-order valence-electron chi connectivity index (χ2n) is 4.08. The number of nitrogens with zero attached hydrogens (tertiary/aromatic N) is 4.